The Labute approximate surface area is 209 Å². The number of anilines is 2. The van der Waals surface area contributed by atoms with Crippen LogP contribution in [0.3, 0.4) is 0 Å². The lowest BCUT2D eigenvalue weighted by molar-refractivity contribution is -0.0956. The Hall–Kier alpha value is -3.08. The molecule has 1 saturated heterocycles. The molecule has 0 amide bonds. The first-order valence-corrected chi connectivity index (χ1v) is 11.7. The second-order valence-electron chi connectivity index (χ2n) is 8.95. The maximum Gasteiger partial charge on any atom is 0.296 e. The molecule has 3 N–H and O–H groups in total. The van der Waals surface area contributed by atoms with Crippen molar-refractivity contribution in [3.05, 3.63) is 52.8 Å². The zero-order chi connectivity index (χ0) is 25.9. The highest BCUT2D eigenvalue weighted by molar-refractivity contribution is 5.91. The van der Waals surface area contributed by atoms with Gasteiger partial charge in [0.1, 0.15) is 29.6 Å². The summed E-state index contributed by atoms with van der Waals surface area (Å²) in [6.07, 6.45) is 1.37. The quantitative estimate of drug-likeness (QED) is 0.412. The number of nitrogens with zero attached hydrogens (tertiary/aromatic N) is 2. The van der Waals surface area contributed by atoms with Gasteiger partial charge in [-0.05, 0) is 36.8 Å². The second-order valence-corrected chi connectivity index (χ2v) is 8.95. The molecule has 36 heavy (non-hydrogen) atoms. The molecule has 1 aliphatic rings. The molecular weight excluding hydrogens is 470 g/mol. The zero-order valence-electron chi connectivity index (χ0n) is 21.0. The minimum absolute atomic E-state index is 0.196. The van der Waals surface area contributed by atoms with Gasteiger partial charge in [-0.25, -0.2) is 9.97 Å². The summed E-state index contributed by atoms with van der Waals surface area (Å²) in [5.74, 6) is -1.34. The summed E-state index contributed by atoms with van der Waals surface area (Å²) in [5.41, 5.74) is 7.61. The molecule has 1 fully saturated rings. The number of aromatic nitrogens is 2. The molecular formula is C26H32F2N4O4. The van der Waals surface area contributed by atoms with Gasteiger partial charge < -0.3 is 30.0 Å². The number of aryl methyl sites for hydroxylation is 1. The van der Waals surface area contributed by atoms with Crippen molar-refractivity contribution >= 4 is 22.4 Å². The van der Waals surface area contributed by atoms with E-state index in [2.05, 4.69) is 20.0 Å². The zero-order valence-corrected chi connectivity index (χ0v) is 21.0. The van der Waals surface area contributed by atoms with Crippen LogP contribution in [0.4, 0.5) is 20.3 Å². The second kappa shape index (κ2) is 10.5. The summed E-state index contributed by atoms with van der Waals surface area (Å²) < 4.78 is 50.9. The van der Waals surface area contributed by atoms with Crippen LogP contribution in [0, 0.1) is 6.92 Å². The maximum absolute atomic E-state index is 14.4. The summed E-state index contributed by atoms with van der Waals surface area (Å²) in [6, 6.07) is 8.22. The van der Waals surface area contributed by atoms with Gasteiger partial charge in [0.05, 0.1) is 12.6 Å². The molecule has 1 aliphatic heterocycles. The summed E-state index contributed by atoms with van der Waals surface area (Å²) in [4.78, 5) is 9.19. The van der Waals surface area contributed by atoms with Gasteiger partial charge >= 0.3 is 0 Å². The molecule has 194 valence electrons. The Bertz CT molecular complexity index is 1230. The predicted octanol–water partition coefficient (Wildman–Crippen LogP) is 4.53. The third kappa shape index (κ3) is 5.21. The molecule has 10 heteroatoms. The number of halogens is 2. The molecule has 0 bridgehead atoms. The van der Waals surface area contributed by atoms with Crippen molar-refractivity contribution in [1.82, 2.24) is 9.97 Å². The maximum atomic E-state index is 14.4. The van der Waals surface area contributed by atoms with Gasteiger partial charge in [-0.1, -0.05) is 0 Å². The predicted molar refractivity (Wildman–Crippen MR) is 134 cm³/mol. The number of benzene rings is 2. The number of nitrogens with one attached hydrogen (secondary N) is 1. The van der Waals surface area contributed by atoms with Gasteiger partial charge in [0.25, 0.3) is 5.92 Å². The highest BCUT2D eigenvalue weighted by Crippen LogP contribution is 2.43. The van der Waals surface area contributed by atoms with E-state index in [-0.39, 0.29) is 17.8 Å². The van der Waals surface area contributed by atoms with Gasteiger partial charge in [-0.3, -0.25) is 0 Å². The Kier molecular flexibility index (Phi) is 7.58. The molecule has 4 rings (SSSR count). The summed E-state index contributed by atoms with van der Waals surface area (Å²) in [6.45, 7) is 2.46. The van der Waals surface area contributed by atoms with Crippen molar-refractivity contribution in [3.8, 4) is 5.75 Å². The van der Waals surface area contributed by atoms with Gasteiger partial charge in [-0.2, -0.15) is 8.78 Å². The highest BCUT2D eigenvalue weighted by atomic mass is 19.3. The molecule has 0 aliphatic carbocycles. The van der Waals surface area contributed by atoms with Crippen molar-refractivity contribution in [2.45, 2.75) is 37.8 Å². The molecule has 0 atom stereocenters. The SMILES string of the molecule is COCC(F)(F)c1cc(N)cc(CNc2nc(C)nc3cc(OC)c(C4(OC)CCOCC4)cc23)c1. The molecule has 2 aromatic carbocycles. The Morgan fingerprint density at radius 2 is 1.83 bits per heavy atom. The fourth-order valence-corrected chi connectivity index (χ4v) is 4.70. The summed E-state index contributed by atoms with van der Waals surface area (Å²) >= 11 is 0. The number of fused-ring (bicyclic) bond motifs is 1. The molecule has 1 aromatic heterocycles. The molecule has 2 heterocycles. The van der Waals surface area contributed by atoms with Crippen LogP contribution in [-0.4, -0.2) is 51.1 Å². The first-order chi connectivity index (χ1) is 17.2. The normalized spacial score (nSPS) is 15.7. The van der Waals surface area contributed by atoms with E-state index < -0.39 is 18.1 Å². The number of rotatable bonds is 9. The minimum Gasteiger partial charge on any atom is -0.496 e. The summed E-state index contributed by atoms with van der Waals surface area (Å²) in [7, 11) is 4.55. The molecule has 0 spiro atoms. The van der Waals surface area contributed by atoms with Crippen LogP contribution in [0.15, 0.2) is 30.3 Å². The van der Waals surface area contributed by atoms with Crippen molar-refractivity contribution in [2.24, 2.45) is 0 Å². The van der Waals surface area contributed by atoms with Gasteiger partial charge in [0.2, 0.25) is 0 Å². The largest absolute Gasteiger partial charge is 0.496 e. The average molecular weight is 503 g/mol. The van der Waals surface area contributed by atoms with E-state index in [0.29, 0.717) is 54.5 Å². The number of ether oxygens (including phenoxy) is 4. The number of nitrogen functional groups attached to an aromatic ring is 1. The molecule has 8 nitrogen and oxygen atoms in total. The van der Waals surface area contributed by atoms with E-state index in [4.69, 9.17) is 19.9 Å². The van der Waals surface area contributed by atoms with Gasteiger partial charge in [0, 0.05) is 75.1 Å². The smallest absolute Gasteiger partial charge is 0.296 e. The van der Waals surface area contributed by atoms with E-state index in [9.17, 15) is 8.78 Å². The van der Waals surface area contributed by atoms with Crippen LogP contribution < -0.4 is 15.8 Å². The Morgan fingerprint density at radius 1 is 1.08 bits per heavy atom. The number of nitrogens with two attached hydrogens (primary N) is 1. The minimum atomic E-state index is -3.15. The fraction of sp³-hybridized carbons (Fsp3) is 0.462. The van der Waals surface area contributed by atoms with E-state index in [1.54, 1.807) is 27.2 Å². The van der Waals surface area contributed by atoms with Crippen LogP contribution in [0.25, 0.3) is 10.9 Å². The van der Waals surface area contributed by atoms with E-state index in [1.165, 1.54) is 19.2 Å². The third-order valence-corrected chi connectivity index (χ3v) is 6.53. The number of methoxy groups -OCH3 is 3. The first-order valence-electron chi connectivity index (χ1n) is 11.7. The fourth-order valence-electron chi connectivity index (χ4n) is 4.70. The lowest BCUT2D eigenvalue weighted by atomic mass is 9.84. The van der Waals surface area contributed by atoms with Crippen molar-refractivity contribution < 1.29 is 27.7 Å². The number of hydrogen-bond donors (Lipinski definition) is 2. The van der Waals surface area contributed by atoms with E-state index in [0.717, 1.165) is 10.9 Å². The van der Waals surface area contributed by atoms with Crippen LogP contribution in [0.2, 0.25) is 0 Å². The monoisotopic (exact) mass is 502 g/mol. The Balaban J connectivity index is 1.73. The van der Waals surface area contributed by atoms with E-state index >= 15 is 0 Å². The molecule has 0 radical (unpaired) electrons. The van der Waals surface area contributed by atoms with Gasteiger partial charge in [-0.15, -0.1) is 0 Å². The van der Waals surface area contributed by atoms with Crippen LogP contribution >= 0.6 is 0 Å². The van der Waals surface area contributed by atoms with Crippen molar-refractivity contribution in [1.29, 1.82) is 0 Å². The molecule has 0 unspecified atom stereocenters. The lowest BCUT2D eigenvalue weighted by Gasteiger charge is -2.37. The van der Waals surface area contributed by atoms with Crippen LogP contribution in [0.5, 0.6) is 5.75 Å². The first kappa shape index (κ1) is 26.0. The van der Waals surface area contributed by atoms with E-state index in [1.807, 2.05) is 12.1 Å². The topological polar surface area (TPSA) is 101 Å². The number of hydrogen-bond acceptors (Lipinski definition) is 8. The molecule has 3 aromatic rings. The average Bonchev–Trinajstić information content (AvgIpc) is 2.86. The van der Waals surface area contributed by atoms with Crippen LogP contribution in [-0.2, 0) is 32.3 Å². The van der Waals surface area contributed by atoms with Crippen molar-refractivity contribution in [3.63, 3.8) is 0 Å². The standard InChI is InChI=1S/C26H32F2N4O4/c1-16-31-22-13-23(34-3)21(25(35-4)5-7-36-8-6-25)12-20(22)24(32-16)30-14-17-9-18(11-19(29)10-17)26(27,28)15-33-2/h9-13H,5-8,14-15,29H2,1-4H3,(H,30,31,32). The lowest BCUT2D eigenvalue weighted by Crippen LogP contribution is -2.36. The highest BCUT2D eigenvalue weighted by Gasteiger charge is 2.37. The van der Waals surface area contributed by atoms with Crippen molar-refractivity contribution in [2.75, 3.05) is 52.2 Å². The van der Waals surface area contributed by atoms with Crippen LogP contribution in [0.1, 0.15) is 35.4 Å². The van der Waals surface area contributed by atoms with Gasteiger partial charge in [0.15, 0.2) is 0 Å². The summed E-state index contributed by atoms with van der Waals surface area (Å²) in [5, 5.41) is 4.06. The third-order valence-electron chi connectivity index (χ3n) is 6.53. The Morgan fingerprint density at radius 3 is 2.50 bits per heavy atom. The molecule has 0 saturated carbocycles. The number of alkyl halides is 2.